The fraction of sp³-hybridized carbons (Fsp3) is 0.154. The SMILES string of the molecule is CC(Oc1nccc(C(N)=S)n1)c1ccccc1. The maximum atomic E-state index is 5.65. The van der Waals surface area contributed by atoms with Gasteiger partial charge in [-0.15, -0.1) is 0 Å². The van der Waals surface area contributed by atoms with Crippen molar-refractivity contribution in [2.45, 2.75) is 13.0 Å². The molecule has 1 aromatic heterocycles. The highest BCUT2D eigenvalue weighted by Gasteiger charge is 2.09. The van der Waals surface area contributed by atoms with Gasteiger partial charge in [0.2, 0.25) is 0 Å². The van der Waals surface area contributed by atoms with Gasteiger partial charge in [-0.3, -0.25) is 0 Å². The topological polar surface area (TPSA) is 61.0 Å². The minimum absolute atomic E-state index is 0.132. The van der Waals surface area contributed by atoms with Crippen LogP contribution in [0.3, 0.4) is 0 Å². The Labute approximate surface area is 111 Å². The lowest BCUT2D eigenvalue weighted by Crippen LogP contribution is -2.13. The average molecular weight is 259 g/mol. The zero-order chi connectivity index (χ0) is 13.0. The lowest BCUT2D eigenvalue weighted by molar-refractivity contribution is 0.207. The molecule has 1 heterocycles. The largest absolute Gasteiger partial charge is 0.456 e. The predicted molar refractivity (Wildman–Crippen MR) is 73.4 cm³/mol. The normalized spacial score (nSPS) is 11.8. The predicted octanol–water partition coefficient (Wildman–Crippen LogP) is 2.25. The van der Waals surface area contributed by atoms with Crippen LogP contribution in [0.2, 0.25) is 0 Å². The molecular weight excluding hydrogens is 246 g/mol. The summed E-state index contributed by atoms with van der Waals surface area (Å²) < 4.78 is 5.65. The van der Waals surface area contributed by atoms with Crippen LogP contribution in [-0.2, 0) is 0 Å². The Hall–Kier alpha value is -2.01. The first-order chi connectivity index (χ1) is 8.66. The lowest BCUT2D eigenvalue weighted by atomic mass is 10.1. The Bertz CT molecular complexity index is 545. The van der Waals surface area contributed by atoms with Gasteiger partial charge in [-0.1, -0.05) is 42.5 Å². The Kier molecular flexibility index (Phi) is 3.84. The molecule has 0 fully saturated rings. The Balaban J connectivity index is 2.14. The molecule has 0 spiro atoms. The highest BCUT2D eigenvalue weighted by Crippen LogP contribution is 2.18. The van der Waals surface area contributed by atoms with Crippen LogP contribution in [0.1, 0.15) is 24.3 Å². The summed E-state index contributed by atoms with van der Waals surface area (Å²) in [5.74, 6) is 0. The standard InChI is InChI=1S/C13H13N3OS/c1-9(10-5-3-2-4-6-10)17-13-15-8-7-11(16-13)12(14)18/h2-9H,1H3,(H2,14,18). The maximum Gasteiger partial charge on any atom is 0.317 e. The highest BCUT2D eigenvalue weighted by atomic mass is 32.1. The molecule has 1 aromatic carbocycles. The summed E-state index contributed by atoms with van der Waals surface area (Å²) >= 11 is 4.86. The number of hydrogen-bond acceptors (Lipinski definition) is 4. The van der Waals surface area contributed by atoms with E-state index in [1.165, 1.54) is 0 Å². The van der Waals surface area contributed by atoms with E-state index in [9.17, 15) is 0 Å². The molecule has 0 saturated carbocycles. The number of nitrogens with two attached hydrogens (primary N) is 1. The van der Waals surface area contributed by atoms with E-state index < -0.39 is 0 Å². The molecule has 0 saturated heterocycles. The van der Waals surface area contributed by atoms with E-state index in [0.29, 0.717) is 5.69 Å². The van der Waals surface area contributed by atoms with Gasteiger partial charge in [0, 0.05) is 6.20 Å². The van der Waals surface area contributed by atoms with Crippen molar-refractivity contribution >= 4 is 17.2 Å². The van der Waals surface area contributed by atoms with Crippen LogP contribution in [0.25, 0.3) is 0 Å². The number of thiocarbonyl (C=S) groups is 1. The zero-order valence-electron chi connectivity index (χ0n) is 9.91. The van der Waals surface area contributed by atoms with Crippen molar-refractivity contribution < 1.29 is 4.74 Å². The van der Waals surface area contributed by atoms with Crippen LogP contribution in [0, 0.1) is 0 Å². The first-order valence-electron chi connectivity index (χ1n) is 5.51. The Morgan fingerprint density at radius 1 is 1.28 bits per heavy atom. The maximum absolute atomic E-state index is 5.65. The third-order valence-electron chi connectivity index (χ3n) is 2.44. The van der Waals surface area contributed by atoms with Crippen molar-refractivity contribution in [3.63, 3.8) is 0 Å². The second-order valence-electron chi connectivity index (χ2n) is 3.76. The second-order valence-corrected chi connectivity index (χ2v) is 4.20. The number of nitrogens with zero attached hydrogens (tertiary/aromatic N) is 2. The molecule has 92 valence electrons. The van der Waals surface area contributed by atoms with E-state index in [-0.39, 0.29) is 17.1 Å². The third-order valence-corrected chi connectivity index (χ3v) is 2.65. The van der Waals surface area contributed by atoms with Crippen LogP contribution in [-0.4, -0.2) is 15.0 Å². The molecule has 2 aromatic rings. The second kappa shape index (κ2) is 5.55. The molecule has 1 atom stereocenters. The van der Waals surface area contributed by atoms with Crippen LogP contribution in [0.5, 0.6) is 6.01 Å². The van der Waals surface area contributed by atoms with Gasteiger partial charge in [-0.25, -0.2) is 4.98 Å². The minimum Gasteiger partial charge on any atom is -0.456 e. The first kappa shape index (κ1) is 12.4. The number of benzene rings is 1. The molecule has 2 rings (SSSR count). The van der Waals surface area contributed by atoms with Gasteiger partial charge in [0.1, 0.15) is 16.8 Å². The van der Waals surface area contributed by atoms with Gasteiger partial charge in [0.05, 0.1) is 0 Å². The summed E-state index contributed by atoms with van der Waals surface area (Å²) in [5.41, 5.74) is 7.08. The fourth-order valence-corrected chi connectivity index (χ4v) is 1.60. The van der Waals surface area contributed by atoms with Crippen molar-refractivity contribution in [1.29, 1.82) is 0 Å². The van der Waals surface area contributed by atoms with E-state index in [1.54, 1.807) is 12.3 Å². The number of aromatic nitrogens is 2. The molecule has 5 heteroatoms. The summed E-state index contributed by atoms with van der Waals surface area (Å²) in [6.45, 7) is 1.94. The van der Waals surface area contributed by atoms with Crippen molar-refractivity contribution in [1.82, 2.24) is 9.97 Å². The summed E-state index contributed by atoms with van der Waals surface area (Å²) in [4.78, 5) is 8.41. The lowest BCUT2D eigenvalue weighted by Gasteiger charge is -2.13. The molecule has 2 N–H and O–H groups in total. The summed E-state index contributed by atoms with van der Waals surface area (Å²) in [5, 5.41) is 0. The molecule has 0 radical (unpaired) electrons. The molecule has 1 unspecified atom stereocenters. The summed E-state index contributed by atoms with van der Waals surface area (Å²) in [7, 11) is 0. The smallest absolute Gasteiger partial charge is 0.317 e. The molecule has 18 heavy (non-hydrogen) atoms. The van der Waals surface area contributed by atoms with Gasteiger partial charge in [-0.05, 0) is 18.6 Å². The monoisotopic (exact) mass is 259 g/mol. The third kappa shape index (κ3) is 3.01. The molecule has 0 aliphatic rings. The van der Waals surface area contributed by atoms with Gasteiger partial charge in [0.25, 0.3) is 0 Å². The van der Waals surface area contributed by atoms with Crippen molar-refractivity contribution in [3.8, 4) is 6.01 Å². The molecule has 0 amide bonds. The fourth-order valence-electron chi connectivity index (χ4n) is 1.49. The van der Waals surface area contributed by atoms with Gasteiger partial charge in [0.15, 0.2) is 0 Å². The summed E-state index contributed by atoms with van der Waals surface area (Å²) in [6, 6.07) is 11.8. The van der Waals surface area contributed by atoms with Crippen LogP contribution >= 0.6 is 12.2 Å². The van der Waals surface area contributed by atoms with Crippen LogP contribution in [0.15, 0.2) is 42.6 Å². The van der Waals surface area contributed by atoms with Crippen LogP contribution in [0.4, 0.5) is 0 Å². The minimum atomic E-state index is -0.132. The number of ether oxygens (including phenoxy) is 1. The van der Waals surface area contributed by atoms with Crippen LogP contribution < -0.4 is 10.5 Å². The van der Waals surface area contributed by atoms with Gasteiger partial charge < -0.3 is 10.5 Å². The van der Waals surface area contributed by atoms with E-state index in [4.69, 9.17) is 22.7 Å². The van der Waals surface area contributed by atoms with Crippen molar-refractivity contribution in [2.24, 2.45) is 5.73 Å². The average Bonchev–Trinajstić information content (AvgIpc) is 2.40. The van der Waals surface area contributed by atoms with E-state index in [2.05, 4.69) is 9.97 Å². The van der Waals surface area contributed by atoms with Crippen molar-refractivity contribution in [2.75, 3.05) is 0 Å². The van der Waals surface area contributed by atoms with E-state index >= 15 is 0 Å². The highest BCUT2D eigenvalue weighted by molar-refractivity contribution is 7.80. The Morgan fingerprint density at radius 2 is 2.00 bits per heavy atom. The zero-order valence-corrected chi connectivity index (χ0v) is 10.7. The molecule has 0 bridgehead atoms. The first-order valence-corrected chi connectivity index (χ1v) is 5.92. The van der Waals surface area contributed by atoms with Gasteiger partial charge in [-0.2, -0.15) is 4.98 Å². The number of hydrogen-bond donors (Lipinski definition) is 1. The Morgan fingerprint density at radius 3 is 2.67 bits per heavy atom. The molecule has 0 aliphatic carbocycles. The van der Waals surface area contributed by atoms with Gasteiger partial charge >= 0.3 is 6.01 Å². The van der Waals surface area contributed by atoms with Crippen molar-refractivity contribution in [3.05, 3.63) is 53.9 Å². The molecular formula is C13H13N3OS. The van der Waals surface area contributed by atoms with E-state index in [1.807, 2.05) is 37.3 Å². The molecule has 0 aliphatic heterocycles. The van der Waals surface area contributed by atoms with E-state index in [0.717, 1.165) is 5.56 Å². The number of rotatable bonds is 4. The summed E-state index contributed by atoms with van der Waals surface area (Å²) in [6.07, 6.45) is 1.45. The quantitative estimate of drug-likeness (QED) is 0.853. The molecule has 4 nitrogen and oxygen atoms in total.